The van der Waals surface area contributed by atoms with Crippen LogP contribution in [0.4, 0.5) is 5.69 Å². The first-order chi connectivity index (χ1) is 17.5. The van der Waals surface area contributed by atoms with E-state index in [2.05, 4.69) is 68.1 Å². The van der Waals surface area contributed by atoms with Gasteiger partial charge in [0.1, 0.15) is 29.7 Å². The topological polar surface area (TPSA) is 71.3 Å². The zero-order valence-corrected chi connectivity index (χ0v) is 23.2. The Morgan fingerprint density at radius 3 is 2.53 bits per heavy atom. The second-order valence-corrected chi connectivity index (χ2v) is 9.84. The Balaban J connectivity index is 1.49. The highest BCUT2D eigenvalue weighted by Gasteiger charge is 2.13. The van der Waals surface area contributed by atoms with Crippen molar-refractivity contribution in [3.8, 4) is 17.6 Å². The van der Waals surface area contributed by atoms with Gasteiger partial charge < -0.3 is 14.8 Å². The van der Waals surface area contributed by atoms with Crippen LogP contribution in [0, 0.1) is 14.9 Å². The molecule has 180 valence electrons. The highest BCUT2D eigenvalue weighted by molar-refractivity contribution is 14.1. The standard InChI is InChI=1S/C29H22BrIN2O3/c1-2-35-24-12-10-23(11-13-24)33-29(34)22(17-32)14-19-15-26(30)28(27(31)16-19)36-18-21-8-5-7-20-6-3-4-9-25(20)21/h3-16H,2,18H2,1H3,(H,33,34)/b22-14+. The maximum Gasteiger partial charge on any atom is 0.266 e. The molecule has 1 amide bonds. The number of halogens is 2. The SMILES string of the molecule is CCOc1ccc(NC(=O)/C(C#N)=C/c2cc(Br)c(OCc3cccc4ccccc34)c(I)c2)cc1. The van der Waals surface area contributed by atoms with E-state index in [-0.39, 0.29) is 5.57 Å². The van der Waals surface area contributed by atoms with Gasteiger partial charge in [-0.25, -0.2) is 0 Å². The van der Waals surface area contributed by atoms with Crippen LogP contribution in [0.15, 0.2) is 88.9 Å². The molecule has 0 heterocycles. The molecule has 0 unspecified atom stereocenters. The number of hydrogen-bond donors (Lipinski definition) is 1. The maximum absolute atomic E-state index is 12.7. The molecule has 0 saturated carbocycles. The Morgan fingerprint density at radius 1 is 1.06 bits per heavy atom. The molecule has 5 nitrogen and oxygen atoms in total. The van der Waals surface area contributed by atoms with Gasteiger partial charge in [-0.1, -0.05) is 42.5 Å². The summed E-state index contributed by atoms with van der Waals surface area (Å²) in [6.07, 6.45) is 1.56. The Hall–Kier alpha value is -3.35. The molecule has 0 aliphatic heterocycles. The Morgan fingerprint density at radius 2 is 1.81 bits per heavy atom. The van der Waals surface area contributed by atoms with E-state index in [1.807, 2.05) is 43.3 Å². The van der Waals surface area contributed by atoms with Crippen LogP contribution in [0.2, 0.25) is 0 Å². The summed E-state index contributed by atoms with van der Waals surface area (Å²) < 4.78 is 13.2. The summed E-state index contributed by atoms with van der Waals surface area (Å²) in [6, 6.07) is 27.1. The summed E-state index contributed by atoms with van der Waals surface area (Å²) in [5.74, 6) is 0.941. The number of ether oxygens (including phenoxy) is 2. The lowest BCUT2D eigenvalue weighted by molar-refractivity contribution is -0.112. The molecule has 0 aromatic heterocycles. The number of carbonyl (C=O) groups is 1. The van der Waals surface area contributed by atoms with E-state index >= 15 is 0 Å². The molecule has 0 spiro atoms. The van der Waals surface area contributed by atoms with Crippen LogP contribution in [0.3, 0.4) is 0 Å². The number of amides is 1. The van der Waals surface area contributed by atoms with Crippen molar-refractivity contribution in [3.63, 3.8) is 0 Å². The van der Waals surface area contributed by atoms with E-state index in [1.54, 1.807) is 30.3 Å². The highest BCUT2D eigenvalue weighted by atomic mass is 127. The first kappa shape index (κ1) is 25.7. The van der Waals surface area contributed by atoms with Gasteiger partial charge in [0.2, 0.25) is 0 Å². The quantitative estimate of drug-likeness (QED) is 0.120. The van der Waals surface area contributed by atoms with Gasteiger partial charge in [-0.05, 0) is 110 Å². The minimum Gasteiger partial charge on any atom is -0.494 e. The number of nitrogens with zero attached hydrogens (tertiary/aromatic N) is 1. The third kappa shape index (κ3) is 6.25. The molecular formula is C29H22BrIN2O3. The summed E-state index contributed by atoms with van der Waals surface area (Å²) in [6.45, 7) is 2.89. The monoisotopic (exact) mass is 652 g/mol. The van der Waals surface area contributed by atoms with E-state index in [4.69, 9.17) is 9.47 Å². The third-order valence-electron chi connectivity index (χ3n) is 5.37. The van der Waals surface area contributed by atoms with Gasteiger partial charge in [0.05, 0.1) is 14.6 Å². The molecule has 4 aromatic carbocycles. The van der Waals surface area contributed by atoms with Gasteiger partial charge >= 0.3 is 0 Å². The summed E-state index contributed by atoms with van der Waals surface area (Å²) in [5, 5.41) is 14.7. The predicted octanol–water partition coefficient (Wildman–Crippen LogP) is 7.73. The number of nitriles is 1. The van der Waals surface area contributed by atoms with Crippen molar-refractivity contribution in [2.45, 2.75) is 13.5 Å². The fourth-order valence-electron chi connectivity index (χ4n) is 3.68. The average Bonchev–Trinajstić information content (AvgIpc) is 2.88. The zero-order chi connectivity index (χ0) is 25.5. The van der Waals surface area contributed by atoms with Crippen LogP contribution in [-0.4, -0.2) is 12.5 Å². The molecular weight excluding hydrogens is 631 g/mol. The van der Waals surface area contributed by atoms with Crippen LogP contribution in [0.1, 0.15) is 18.1 Å². The number of hydrogen-bond acceptors (Lipinski definition) is 4. The van der Waals surface area contributed by atoms with Crippen molar-refractivity contribution in [2.75, 3.05) is 11.9 Å². The van der Waals surface area contributed by atoms with E-state index in [0.717, 1.165) is 19.0 Å². The van der Waals surface area contributed by atoms with Crippen molar-refractivity contribution in [3.05, 3.63) is 104 Å². The van der Waals surface area contributed by atoms with Crippen molar-refractivity contribution in [2.24, 2.45) is 0 Å². The minimum absolute atomic E-state index is 0.00370. The number of benzene rings is 4. The first-order valence-corrected chi connectivity index (χ1v) is 13.1. The van der Waals surface area contributed by atoms with E-state index in [0.29, 0.717) is 36.0 Å². The second-order valence-electron chi connectivity index (χ2n) is 7.82. The molecule has 1 N–H and O–H groups in total. The Kier molecular flexibility index (Phi) is 8.62. The number of anilines is 1. The lowest BCUT2D eigenvalue weighted by atomic mass is 10.1. The van der Waals surface area contributed by atoms with Crippen LogP contribution in [-0.2, 0) is 11.4 Å². The van der Waals surface area contributed by atoms with Crippen LogP contribution in [0.25, 0.3) is 16.8 Å². The normalized spacial score (nSPS) is 11.1. The van der Waals surface area contributed by atoms with Gasteiger partial charge in [-0.3, -0.25) is 4.79 Å². The molecule has 7 heteroatoms. The fourth-order valence-corrected chi connectivity index (χ4v) is 5.45. The molecule has 0 bridgehead atoms. The van der Waals surface area contributed by atoms with Crippen LogP contribution < -0.4 is 14.8 Å². The Labute approximate surface area is 232 Å². The molecule has 36 heavy (non-hydrogen) atoms. The van der Waals surface area contributed by atoms with Gasteiger partial charge in [-0.2, -0.15) is 5.26 Å². The number of fused-ring (bicyclic) bond motifs is 1. The van der Waals surface area contributed by atoms with E-state index in [9.17, 15) is 10.1 Å². The molecule has 0 saturated heterocycles. The largest absolute Gasteiger partial charge is 0.494 e. The molecule has 0 aliphatic rings. The van der Waals surface area contributed by atoms with Crippen LogP contribution >= 0.6 is 38.5 Å². The molecule has 4 rings (SSSR count). The number of carbonyl (C=O) groups excluding carboxylic acids is 1. The van der Waals surface area contributed by atoms with Crippen molar-refractivity contribution in [1.82, 2.24) is 0 Å². The average molecular weight is 653 g/mol. The molecule has 0 aliphatic carbocycles. The maximum atomic E-state index is 12.7. The van der Waals surface area contributed by atoms with E-state index < -0.39 is 5.91 Å². The summed E-state index contributed by atoms with van der Waals surface area (Å²) >= 11 is 5.79. The van der Waals surface area contributed by atoms with Crippen molar-refractivity contribution in [1.29, 1.82) is 5.26 Å². The van der Waals surface area contributed by atoms with Crippen molar-refractivity contribution >= 4 is 67.0 Å². The lowest BCUT2D eigenvalue weighted by Crippen LogP contribution is -2.13. The first-order valence-electron chi connectivity index (χ1n) is 11.2. The smallest absolute Gasteiger partial charge is 0.266 e. The fraction of sp³-hybridized carbons (Fsp3) is 0.103. The van der Waals surface area contributed by atoms with Gasteiger partial charge in [-0.15, -0.1) is 0 Å². The minimum atomic E-state index is -0.482. The van der Waals surface area contributed by atoms with Gasteiger partial charge in [0, 0.05) is 5.69 Å². The number of rotatable bonds is 8. The zero-order valence-electron chi connectivity index (χ0n) is 19.4. The molecule has 0 radical (unpaired) electrons. The van der Waals surface area contributed by atoms with Crippen LogP contribution in [0.5, 0.6) is 11.5 Å². The lowest BCUT2D eigenvalue weighted by Gasteiger charge is -2.13. The summed E-state index contributed by atoms with van der Waals surface area (Å²) in [4.78, 5) is 12.7. The third-order valence-corrected chi connectivity index (χ3v) is 6.76. The van der Waals surface area contributed by atoms with E-state index in [1.165, 1.54) is 5.39 Å². The Bertz CT molecular complexity index is 1450. The predicted molar refractivity (Wildman–Crippen MR) is 155 cm³/mol. The summed E-state index contributed by atoms with van der Waals surface area (Å²) in [7, 11) is 0. The molecule has 0 atom stereocenters. The number of nitrogens with one attached hydrogen (secondary N) is 1. The van der Waals surface area contributed by atoms with Gasteiger partial charge in [0.25, 0.3) is 5.91 Å². The summed E-state index contributed by atoms with van der Waals surface area (Å²) in [5.41, 5.74) is 2.38. The van der Waals surface area contributed by atoms with Crippen molar-refractivity contribution < 1.29 is 14.3 Å². The van der Waals surface area contributed by atoms with Gasteiger partial charge in [0.15, 0.2) is 0 Å². The molecule has 4 aromatic rings. The highest BCUT2D eigenvalue weighted by Crippen LogP contribution is 2.34. The molecule has 0 fully saturated rings. The second kappa shape index (κ2) is 12.1.